The lowest BCUT2D eigenvalue weighted by Crippen LogP contribution is -2.29. The first-order chi connectivity index (χ1) is 14.7. The Kier molecular flexibility index (Phi) is 7.67. The topological polar surface area (TPSA) is 35.5 Å². The van der Waals surface area contributed by atoms with Crippen molar-refractivity contribution in [2.45, 2.75) is 57.5 Å². The van der Waals surface area contributed by atoms with Gasteiger partial charge in [0.05, 0.1) is 0 Å². The molecule has 0 atom stereocenters. The van der Waals surface area contributed by atoms with E-state index in [0.29, 0.717) is 16.5 Å². The zero-order valence-electron chi connectivity index (χ0n) is 18.7. The molecule has 3 rings (SSSR count). The van der Waals surface area contributed by atoms with Crippen LogP contribution in [0.2, 0.25) is 0 Å². The molecule has 2 aromatic rings. The van der Waals surface area contributed by atoms with Crippen LogP contribution in [0.15, 0.2) is 41.3 Å². The van der Waals surface area contributed by atoms with Crippen molar-refractivity contribution < 1.29 is 18.7 Å². The fourth-order valence-electron chi connectivity index (χ4n) is 3.63. The molecule has 5 heteroatoms. The summed E-state index contributed by atoms with van der Waals surface area (Å²) in [5.74, 6) is 8.19. The van der Waals surface area contributed by atoms with Crippen LogP contribution >= 0.6 is 0 Å². The third-order valence-electron chi connectivity index (χ3n) is 5.08. The van der Waals surface area contributed by atoms with Gasteiger partial charge in [0.2, 0.25) is 0 Å². The van der Waals surface area contributed by atoms with Gasteiger partial charge in [-0.05, 0) is 88.4 Å². The van der Waals surface area contributed by atoms with Gasteiger partial charge in [-0.1, -0.05) is 17.9 Å². The molecule has 31 heavy (non-hydrogen) atoms. The van der Waals surface area contributed by atoms with Gasteiger partial charge >= 0.3 is 5.97 Å². The molecule has 0 unspecified atom stereocenters. The summed E-state index contributed by atoms with van der Waals surface area (Å²) >= 11 is 0. The van der Waals surface area contributed by atoms with Gasteiger partial charge in [0.15, 0.2) is 17.1 Å². The highest BCUT2D eigenvalue weighted by Gasteiger charge is 2.26. The lowest BCUT2D eigenvalue weighted by atomic mass is 10.1. The number of aryl methyl sites for hydroxylation is 2. The minimum absolute atomic E-state index is 0.183. The standard InChI is InChI=1S/C26H30FO3S/c1-19-15-23(31-13-6-5-7-14-31)16-20(2)25(19)29-18-24(28)30-26(3,4)12-11-21-9-8-10-22(27)17-21/h8-10,15-17H,5-7,13-14,18H2,1-4H3/q+1. The van der Waals surface area contributed by atoms with E-state index >= 15 is 0 Å². The van der Waals surface area contributed by atoms with E-state index in [2.05, 4.69) is 24.0 Å². The van der Waals surface area contributed by atoms with Crippen molar-refractivity contribution in [1.29, 1.82) is 0 Å². The maximum atomic E-state index is 13.3. The Morgan fingerprint density at radius 1 is 1.10 bits per heavy atom. The predicted octanol–water partition coefficient (Wildman–Crippen LogP) is 5.36. The molecule has 164 valence electrons. The largest absolute Gasteiger partial charge is 0.481 e. The van der Waals surface area contributed by atoms with E-state index in [-0.39, 0.29) is 12.4 Å². The van der Waals surface area contributed by atoms with E-state index in [1.807, 2.05) is 13.8 Å². The second-order valence-corrected chi connectivity index (χ2v) is 10.7. The first-order valence-electron chi connectivity index (χ1n) is 10.7. The molecule has 3 nitrogen and oxygen atoms in total. The molecule has 0 amide bonds. The van der Waals surface area contributed by atoms with Crippen molar-refractivity contribution in [2.24, 2.45) is 0 Å². The molecule has 1 heterocycles. The number of esters is 1. The Morgan fingerprint density at radius 3 is 2.42 bits per heavy atom. The summed E-state index contributed by atoms with van der Waals surface area (Å²) in [7, 11) is 0.331. The number of ether oxygens (including phenoxy) is 2. The van der Waals surface area contributed by atoms with E-state index in [0.717, 1.165) is 16.9 Å². The zero-order valence-corrected chi connectivity index (χ0v) is 19.5. The lowest BCUT2D eigenvalue weighted by molar-refractivity contribution is -0.154. The molecule has 2 aromatic carbocycles. The van der Waals surface area contributed by atoms with Crippen molar-refractivity contribution in [3.8, 4) is 17.6 Å². The van der Waals surface area contributed by atoms with Crippen molar-refractivity contribution in [2.75, 3.05) is 18.1 Å². The van der Waals surface area contributed by atoms with E-state index in [4.69, 9.17) is 9.47 Å². The normalized spacial score (nSPS) is 14.5. The molecular formula is C26H30FO3S+. The van der Waals surface area contributed by atoms with Gasteiger partial charge in [0.1, 0.15) is 23.1 Å². The average Bonchev–Trinajstić information content (AvgIpc) is 2.72. The number of benzene rings is 2. The van der Waals surface area contributed by atoms with E-state index in [1.54, 1.807) is 26.0 Å². The quantitative estimate of drug-likeness (QED) is 0.356. The van der Waals surface area contributed by atoms with Crippen LogP contribution < -0.4 is 4.74 Å². The fraction of sp³-hybridized carbons (Fsp3) is 0.423. The smallest absolute Gasteiger partial charge is 0.345 e. The number of hydrogen-bond acceptors (Lipinski definition) is 3. The molecule has 1 saturated heterocycles. The Bertz CT molecular complexity index is 974. The van der Waals surface area contributed by atoms with E-state index in [1.165, 1.54) is 47.8 Å². The second kappa shape index (κ2) is 10.2. The summed E-state index contributed by atoms with van der Waals surface area (Å²) in [6.07, 6.45) is 3.96. The first kappa shape index (κ1) is 23.2. The van der Waals surface area contributed by atoms with Crippen molar-refractivity contribution >= 4 is 16.9 Å². The summed E-state index contributed by atoms with van der Waals surface area (Å²) in [6.45, 7) is 7.27. The van der Waals surface area contributed by atoms with Gasteiger partial charge in [0, 0.05) is 16.5 Å². The molecule has 0 saturated carbocycles. The first-order valence-corrected chi connectivity index (χ1v) is 12.2. The highest BCUT2D eigenvalue weighted by atomic mass is 32.2. The molecule has 0 aromatic heterocycles. The SMILES string of the molecule is Cc1cc([S+]2CCCCC2)cc(C)c1OCC(=O)OC(C)(C)C#Cc1cccc(F)c1. The van der Waals surface area contributed by atoms with Crippen LogP contribution in [0.1, 0.15) is 49.8 Å². The van der Waals surface area contributed by atoms with Crippen LogP contribution in [0.25, 0.3) is 0 Å². The fourth-order valence-corrected chi connectivity index (χ4v) is 6.10. The third-order valence-corrected chi connectivity index (χ3v) is 7.55. The Balaban J connectivity index is 1.60. The van der Waals surface area contributed by atoms with E-state index < -0.39 is 11.6 Å². The predicted molar refractivity (Wildman–Crippen MR) is 124 cm³/mol. The van der Waals surface area contributed by atoms with Crippen LogP contribution in [-0.4, -0.2) is 29.7 Å². The minimum Gasteiger partial charge on any atom is -0.481 e. The van der Waals surface area contributed by atoms with Gasteiger partial charge in [-0.3, -0.25) is 0 Å². The van der Waals surface area contributed by atoms with Gasteiger partial charge in [-0.25, -0.2) is 9.18 Å². The van der Waals surface area contributed by atoms with Gasteiger partial charge in [0.25, 0.3) is 0 Å². The van der Waals surface area contributed by atoms with E-state index in [9.17, 15) is 9.18 Å². The third kappa shape index (κ3) is 6.77. The molecule has 0 spiro atoms. The number of rotatable bonds is 5. The van der Waals surface area contributed by atoms with Crippen molar-refractivity contribution in [1.82, 2.24) is 0 Å². The summed E-state index contributed by atoms with van der Waals surface area (Å²) in [6, 6.07) is 10.4. The zero-order chi connectivity index (χ0) is 22.4. The molecule has 1 aliphatic heterocycles. The molecule has 0 bridgehead atoms. The summed E-state index contributed by atoms with van der Waals surface area (Å²) < 4.78 is 24.6. The molecule has 0 radical (unpaired) electrons. The summed E-state index contributed by atoms with van der Waals surface area (Å²) in [4.78, 5) is 13.8. The number of carbonyl (C=O) groups is 1. The minimum atomic E-state index is -1.01. The highest BCUT2D eigenvalue weighted by Crippen LogP contribution is 2.30. The monoisotopic (exact) mass is 441 g/mol. The molecule has 1 aliphatic rings. The van der Waals surface area contributed by atoms with Crippen LogP contribution in [0.4, 0.5) is 4.39 Å². The maximum absolute atomic E-state index is 13.3. The van der Waals surface area contributed by atoms with Crippen molar-refractivity contribution in [3.63, 3.8) is 0 Å². The Hall–Kier alpha value is -2.45. The van der Waals surface area contributed by atoms with Crippen LogP contribution in [0, 0.1) is 31.5 Å². The van der Waals surface area contributed by atoms with Gasteiger partial charge in [-0.2, -0.15) is 0 Å². The van der Waals surface area contributed by atoms with Crippen LogP contribution in [0.5, 0.6) is 5.75 Å². The molecule has 0 N–H and O–H groups in total. The number of halogens is 1. The average molecular weight is 442 g/mol. The molecular weight excluding hydrogens is 411 g/mol. The number of hydrogen-bond donors (Lipinski definition) is 0. The second-order valence-electron chi connectivity index (χ2n) is 8.38. The number of carbonyl (C=O) groups excluding carboxylic acids is 1. The van der Waals surface area contributed by atoms with Gasteiger partial charge < -0.3 is 9.47 Å². The highest BCUT2D eigenvalue weighted by molar-refractivity contribution is 7.96. The molecule has 0 aliphatic carbocycles. The van der Waals surface area contributed by atoms with Crippen molar-refractivity contribution in [3.05, 3.63) is 58.9 Å². The van der Waals surface area contributed by atoms with Crippen LogP contribution in [0.3, 0.4) is 0 Å². The Morgan fingerprint density at radius 2 is 1.77 bits per heavy atom. The Labute approximate surface area is 187 Å². The summed E-state index contributed by atoms with van der Waals surface area (Å²) in [5.41, 5.74) is 1.62. The van der Waals surface area contributed by atoms with Gasteiger partial charge in [-0.15, -0.1) is 0 Å². The summed E-state index contributed by atoms with van der Waals surface area (Å²) in [5, 5.41) is 0. The van der Waals surface area contributed by atoms with Crippen LogP contribution in [-0.2, 0) is 20.4 Å². The molecule has 1 fully saturated rings. The maximum Gasteiger partial charge on any atom is 0.345 e. The lowest BCUT2D eigenvalue weighted by Gasteiger charge is -2.20.